The zero-order valence-electron chi connectivity index (χ0n) is 11.1. The van der Waals surface area contributed by atoms with Crippen LogP contribution in [0.3, 0.4) is 0 Å². The zero-order valence-corrected chi connectivity index (χ0v) is 17.5. The second kappa shape index (κ2) is 13.1. The second-order valence-electron chi connectivity index (χ2n) is 4.50. The summed E-state index contributed by atoms with van der Waals surface area (Å²) in [7, 11) is 0. The molecule has 0 saturated heterocycles. The third kappa shape index (κ3) is 14.1. The van der Waals surface area contributed by atoms with E-state index in [1.807, 2.05) is 0 Å². The molecule has 2 nitrogen and oxygen atoms in total. The number of unbranched alkanes of at least 4 members (excludes halogenated alkanes) is 8. The predicted octanol–water partition coefficient (Wildman–Crippen LogP) is 6.27. The molecule has 0 aromatic heterocycles. The van der Waals surface area contributed by atoms with E-state index in [4.69, 9.17) is 4.74 Å². The topological polar surface area (TPSA) is 26.3 Å². The summed E-state index contributed by atoms with van der Waals surface area (Å²) in [6.45, 7) is 0.495. The molecule has 0 aromatic rings. The van der Waals surface area contributed by atoms with Crippen molar-refractivity contribution in [2.75, 3.05) is 11.9 Å². The molecule has 0 saturated carbocycles. The van der Waals surface area contributed by atoms with Crippen LogP contribution in [0.15, 0.2) is 0 Å². The van der Waals surface area contributed by atoms with E-state index in [-0.39, 0.29) is 5.97 Å². The Morgan fingerprint density at radius 2 is 1.21 bits per heavy atom. The van der Waals surface area contributed by atoms with Crippen molar-refractivity contribution in [2.24, 2.45) is 0 Å². The van der Waals surface area contributed by atoms with Crippen molar-refractivity contribution >= 4 is 69.7 Å². The van der Waals surface area contributed by atoms with Crippen molar-refractivity contribution < 1.29 is 9.53 Å². The minimum atomic E-state index is -0.928. The number of alkyl halides is 4. The van der Waals surface area contributed by atoms with Gasteiger partial charge in [0.15, 0.2) is 0 Å². The lowest BCUT2D eigenvalue weighted by Gasteiger charge is -2.11. The molecular weight excluding hydrogens is 508 g/mol. The number of esters is 1. The number of carbonyl (C=O) groups excluding carboxylic acids is 1. The summed E-state index contributed by atoms with van der Waals surface area (Å²) in [6, 6.07) is 0. The Hall–Kier alpha value is 1.39. The van der Waals surface area contributed by atoms with Gasteiger partial charge in [-0.25, -0.2) is 4.79 Å². The van der Waals surface area contributed by atoms with Crippen LogP contribution in [0.4, 0.5) is 0 Å². The van der Waals surface area contributed by atoms with Gasteiger partial charge in [0, 0.05) is 5.33 Å². The zero-order chi connectivity index (χ0) is 14.6. The average Bonchev–Trinajstić information content (AvgIpc) is 2.34. The first-order valence-corrected chi connectivity index (χ1v) is 10.3. The summed E-state index contributed by atoms with van der Waals surface area (Å²) in [4.78, 5) is 11.4. The molecular formula is C13H22Br4O2. The molecule has 0 aliphatic rings. The van der Waals surface area contributed by atoms with Crippen molar-refractivity contribution in [2.45, 2.75) is 59.9 Å². The average molecular weight is 530 g/mol. The van der Waals surface area contributed by atoms with Crippen LogP contribution >= 0.6 is 63.7 Å². The van der Waals surface area contributed by atoms with Crippen LogP contribution in [0.25, 0.3) is 0 Å². The normalized spacial score (nSPS) is 11.6. The number of hydrogen-bond donors (Lipinski definition) is 0. The molecule has 0 bridgehead atoms. The van der Waals surface area contributed by atoms with Crippen LogP contribution < -0.4 is 0 Å². The van der Waals surface area contributed by atoms with Crippen molar-refractivity contribution in [3.8, 4) is 0 Å². The maximum Gasteiger partial charge on any atom is 0.344 e. The molecule has 0 aliphatic carbocycles. The monoisotopic (exact) mass is 526 g/mol. The molecule has 0 rings (SSSR count). The quantitative estimate of drug-likeness (QED) is 0.179. The number of halogens is 4. The van der Waals surface area contributed by atoms with Gasteiger partial charge in [-0.2, -0.15) is 0 Å². The summed E-state index contributed by atoms with van der Waals surface area (Å²) in [6.07, 6.45) is 11.3. The van der Waals surface area contributed by atoms with E-state index in [2.05, 4.69) is 63.7 Å². The Bertz CT molecular complexity index is 229. The second-order valence-corrected chi connectivity index (χ2v) is 12.1. The summed E-state index contributed by atoms with van der Waals surface area (Å²) in [5.41, 5.74) is 0. The van der Waals surface area contributed by atoms with Crippen molar-refractivity contribution in [3.63, 3.8) is 0 Å². The highest BCUT2D eigenvalue weighted by Crippen LogP contribution is 2.34. The third-order valence-electron chi connectivity index (χ3n) is 2.74. The largest absolute Gasteiger partial charge is 0.463 e. The first kappa shape index (κ1) is 20.4. The molecule has 6 heteroatoms. The van der Waals surface area contributed by atoms with Gasteiger partial charge in [0.05, 0.1) is 6.61 Å². The van der Waals surface area contributed by atoms with Gasteiger partial charge in [-0.05, 0) is 60.6 Å². The van der Waals surface area contributed by atoms with Gasteiger partial charge >= 0.3 is 5.97 Å². The van der Waals surface area contributed by atoms with Crippen LogP contribution in [0, 0.1) is 0 Å². The Kier molecular flexibility index (Phi) is 14.0. The summed E-state index contributed by atoms with van der Waals surface area (Å²) in [5.74, 6) is -0.334. The molecule has 0 amide bonds. The lowest BCUT2D eigenvalue weighted by molar-refractivity contribution is -0.141. The standard InChI is InChI=1S/C13H22Br4O2/c14-10-8-6-4-2-1-3-5-7-9-11-19-12(18)13(15,16)17/h1-11H2. The fourth-order valence-corrected chi connectivity index (χ4v) is 2.42. The smallest absolute Gasteiger partial charge is 0.344 e. The molecule has 0 N–H and O–H groups in total. The number of rotatable bonds is 11. The van der Waals surface area contributed by atoms with E-state index < -0.39 is 2.14 Å². The third-order valence-corrected chi connectivity index (χ3v) is 4.27. The van der Waals surface area contributed by atoms with Crippen LogP contribution in [0.2, 0.25) is 0 Å². The molecule has 0 fully saturated rings. The first-order valence-electron chi connectivity index (χ1n) is 6.78. The number of ether oxygens (including phenoxy) is 1. The van der Waals surface area contributed by atoms with Crippen LogP contribution in [0.5, 0.6) is 0 Å². The van der Waals surface area contributed by atoms with Crippen LogP contribution in [-0.4, -0.2) is 20.0 Å². The van der Waals surface area contributed by atoms with E-state index in [0.717, 1.165) is 18.2 Å². The number of hydrogen-bond acceptors (Lipinski definition) is 2. The minimum Gasteiger partial charge on any atom is -0.463 e. The molecule has 0 spiro atoms. The molecule has 0 radical (unpaired) electrons. The summed E-state index contributed by atoms with van der Waals surface area (Å²) >= 11 is 12.8. The Balaban J connectivity index is 3.17. The van der Waals surface area contributed by atoms with Crippen LogP contribution in [0.1, 0.15) is 57.8 Å². The van der Waals surface area contributed by atoms with E-state index in [0.29, 0.717) is 6.61 Å². The molecule has 0 aromatic carbocycles. The SMILES string of the molecule is O=C(OCCCCCCCCCCCBr)C(Br)(Br)Br. The lowest BCUT2D eigenvalue weighted by Crippen LogP contribution is -2.20. The Labute approximate surface area is 150 Å². The minimum absolute atomic E-state index is 0.334. The molecule has 114 valence electrons. The maximum atomic E-state index is 11.4. The molecule has 0 atom stereocenters. The fraction of sp³-hybridized carbons (Fsp3) is 0.923. The van der Waals surface area contributed by atoms with E-state index in [9.17, 15) is 4.79 Å². The molecule has 19 heavy (non-hydrogen) atoms. The first-order chi connectivity index (χ1) is 8.98. The highest BCUT2D eigenvalue weighted by molar-refractivity contribution is 9.40. The van der Waals surface area contributed by atoms with Crippen LogP contribution in [-0.2, 0) is 9.53 Å². The highest BCUT2D eigenvalue weighted by Gasteiger charge is 2.30. The van der Waals surface area contributed by atoms with Gasteiger partial charge in [-0.15, -0.1) is 0 Å². The maximum absolute atomic E-state index is 11.4. The number of carbonyl (C=O) groups is 1. The van der Waals surface area contributed by atoms with Gasteiger partial charge in [-0.1, -0.05) is 60.9 Å². The Morgan fingerprint density at radius 3 is 1.63 bits per heavy atom. The summed E-state index contributed by atoms with van der Waals surface area (Å²) < 4.78 is 4.17. The van der Waals surface area contributed by atoms with Crippen molar-refractivity contribution in [3.05, 3.63) is 0 Å². The summed E-state index contributed by atoms with van der Waals surface area (Å²) in [5, 5.41) is 1.13. The highest BCUT2D eigenvalue weighted by atomic mass is 80.0. The molecule has 0 aliphatic heterocycles. The van der Waals surface area contributed by atoms with Gasteiger partial charge in [0.25, 0.3) is 0 Å². The van der Waals surface area contributed by atoms with E-state index >= 15 is 0 Å². The van der Waals surface area contributed by atoms with E-state index in [1.165, 1.54) is 44.9 Å². The Morgan fingerprint density at radius 1 is 0.789 bits per heavy atom. The van der Waals surface area contributed by atoms with E-state index in [1.54, 1.807) is 0 Å². The van der Waals surface area contributed by atoms with Crippen molar-refractivity contribution in [1.82, 2.24) is 0 Å². The molecule has 0 heterocycles. The van der Waals surface area contributed by atoms with Crippen molar-refractivity contribution in [1.29, 1.82) is 0 Å². The van der Waals surface area contributed by atoms with Gasteiger partial charge in [0.2, 0.25) is 2.14 Å². The lowest BCUT2D eigenvalue weighted by atomic mass is 10.1. The molecule has 0 unspecified atom stereocenters. The fourth-order valence-electron chi connectivity index (χ4n) is 1.68. The van der Waals surface area contributed by atoms with Gasteiger partial charge in [-0.3, -0.25) is 0 Å². The van der Waals surface area contributed by atoms with Gasteiger partial charge < -0.3 is 4.74 Å². The van der Waals surface area contributed by atoms with Gasteiger partial charge in [0.1, 0.15) is 0 Å². The predicted molar refractivity (Wildman–Crippen MR) is 95.8 cm³/mol.